The fourth-order valence-corrected chi connectivity index (χ4v) is 4.31. The summed E-state index contributed by atoms with van der Waals surface area (Å²) >= 11 is 0. The van der Waals surface area contributed by atoms with Gasteiger partial charge >= 0.3 is 0 Å². The first-order chi connectivity index (χ1) is 16.5. The molecule has 1 aliphatic rings. The molecule has 0 fully saturated rings. The fraction of sp³-hybridized carbons (Fsp3) is 0.286. The average Bonchev–Trinajstić information content (AvgIpc) is 2.87. The molecule has 0 heterocycles. The van der Waals surface area contributed by atoms with Crippen LogP contribution in [-0.4, -0.2) is 25.9 Å². The van der Waals surface area contributed by atoms with E-state index >= 15 is 0 Å². The SMILES string of the molecule is COc1cc(C(C)=O)ccc1COc1ccc(C(=O)NC2CCCc3ccccc32)cc1OC. The van der Waals surface area contributed by atoms with Crippen molar-refractivity contribution in [1.29, 1.82) is 0 Å². The van der Waals surface area contributed by atoms with Gasteiger partial charge in [0.2, 0.25) is 0 Å². The van der Waals surface area contributed by atoms with Gasteiger partial charge in [-0.1, -0.05) is 36.4 Å². The Kier molecular flexibility index (Phi) is 7.16. The van der Waals surface area contributed by atoms with E-state index in [2.05, 4.69) is 17.4 Å². The summed E-state index contributed by atoms with van der Waals surface area (Å²) in [5.74, 6) is 1.39. The normalized spacial score (nSPS) is 14.6. The van der Waals surface area contributed by atoms with E-state index < -0.39 is 0 Å². The summed E-state index contributed by atoms with van der Waals surface area (Å²) in [4.78, 5) is 24.6. The van der Waals surface area contributed by atoms with Crippen LogP contribution in [0.2, 0.25) is 0 Å². The Morgan fingerprint density at radius 2 is 1.65 bits per heavy atom. The van der Waals surface area contributed by atoms with Crippen LogP contribution < -0.4 is 19.5 Å². The largest absolute Gasteiger partial charge is 0.496 e. The van der Waals surface area contributed by atoms with Gasteiger partial charge in [0, 0.05) is 16.7 Å². The molecule has 4 rings (SSSR count). The van der Waals surface area contributed by atoms with Gasteiger partial charge in [0.1, 0.15) is 12.4 Å². The minimum Gasteiger partial charge on any atom is -0.496 e. The predicted molar refractivity (Wildman–Crippen MR) is 130 cm³/mol. The Labute approximate surface area is 199 Å². The van der Waals surface area contributed by atoms with Crippen LogP contribution in [0.5, 0.6) is 17.2 Å². The van der Waals surface area contributed by atoms with E-state index in [1.165, 1.54) is 18.1 Å². The lowest BCUT2D eigenvalue weighted by molar-refractivity contribution is 0.0931. The molecule has 34 heavy (non-hydrogen) atoms. The predicted octanol–water partition coefficient (Wildman–Crippen LogP) is 5.29. The van der Waals surface area contributed by atoms with Crippen LogP contribution in [0.15, 0.2) is 60.7 Å². The molecule has 1 atom stereocenters. The molecule has 6 nitrogen and oxygen atoms in total. The summed E-state index contributed by atoms with van der Waals surface area (Å²) in [6.07, 6.45) is 3.02. The third kappa shape index (κ3) is 5.06. The smallest absolute Gasteiger partial charge is 0.251 e. The van der Waals surface area contributed by atoms with Crippen molar-refractivity contribution in [3.63, 3.8) is 0 Å². The number of Topliss-reactive ketones (excluding diaryl/α,β-unsaturated/α-hetero) is 1. The number of carbonyl (C=O) groups is 2. The second-order valence-corrected chi connectivity index (χ2v) is 8.35. The van der Waals surface area contributed by atoms with Gasteiger partial charge in [-0.25, -0.2) is 0 Å². The Balaban J connectivity index is 1.47. The Bertz CT molecular complexity index is 1200. The highest BCUT2D eigenvalue weighted by Gasteiger charge is 2.22. The molecule has 0 spiro atoms. The zero-order chi connectivity index (χ0) is 24.1. The highest BCUT2D eigenvalue weighted by Crippen LogP contribution is 2.32. The molecule has 1 unspecified atom stereocenters. The van der Waals surface area contributed by atoms with Crippen molar-refractivity contribution in [1.82, 2.24) is 5.32 Å². The van der Waals surface area contributed by atoms with E-state index in [0.717, 1.165) is 24.8 Å². The number of hydrogen-bond donors (Lipinski definition) is 1. The first kappa shape index (κ1) is 23.4. The van der Waals surface area contributed by atoms with Crippen LogP contribution >= 0.6 is 0 Å². The number of carbonyl (C=O) groups excluding carboxylic acids is 2. The lowest BCUT2D eigenvalue weighted by Gasteiger charge is -2.26. The van der Waals surface area contributed by atoms with Gasteiger partial charge in [0.15, 0.2) is 17.3 Å². The summed E-state index contributed by atoms with van der Waals surface area (Å²) in [6.45, 7) is 1.74. The number of nitrogens with one attached hydrogen (secondary N) is 1. The number of fused-ring (bicyclic) bond motifs is 1. The Hall–Kier alpha value is -3.80. The van der Waals surface area contributed by atoms with Gasteiger partial charge in [0.25, 0.3) is 5.91 Å². The third-order valence-electron chi connectivity index (χ3n) is 6.18. The summed E-state index contributed by atoms with van der Waals surface area (Å²) in [7, 11) is 3.10. The number of methoxy groups -OCH3 is 2. The molecule has 0 saturated carbocycles. The third-order valence-corrected chi connectivity index (χ3v) is 6.18. The average molecular weight is 460 g/mol. The molecule has 176 valence electrons. The number of ketones is 1. The van der Waals surface area contributed by atoms with Gasteiger partial charge in [-0.15, -0.1) is 0 Å². The fourth-order valence-electron chi connectivity index (χ4n) is 4.31. The van der Waals surface area contributed by atoms with Crippen molar-refractivity contribution < 1.29 is 23.8 Å². The van der Waals surface area contributed by atoms with Crippen LogP contribution in [0.25, 0.3) is 0 Å². The molecule has 1 N–H and O–H groups in total. The van der Waals surface area contributed by atoms with E-state index in [9.17, 15) is 9.59 Å². The summed E-state index contributed by atoms with van der Waals surface area (Å²) in [5.41, 5.74) is 4.38. The van der Waals surface area contributed by atoms with Crippen molar-refractivity contribution in [2.24, 2.45) is 0 Å². The maximum absolute atomic E-state index is 13.0. The van der Waals surface area contributed by atoms with E-state index in [0.29, 0.717) is 28.4 Å². The van der Waals surface area contributed by atoms with E-state index in [1.54, 1.807) is 44.6 Å². The topological polar surface area (TPSA) is 73.9 Å². The molecule has 0 aliphatic heterocycles. The monoisotopic (exact) mass is 459 g/mol. The van der Waals surface area contributed by atoms with Gasteiger partial charge < -0.3 is 19.5 Å². The number of benzene rings is 3. The number of amides is 1. The van der Waals surface area contributed by atoms with Crippen molar-refractivity contribution in [2.45, 2.75) is 38.8 Å². The summed E-state index contributed by atoms with van der Waals surface area (Å²) < 4.78 is 16.9. The first-order valence-corrected chi connectivity index (χ1v) is 11.4. The van der Waals surface area contributed by atoms with Crippen LogP contribution in [0.4, 0.5) is 0 Å². The van der Waals surface area contributed by atoms with E-state index in [4.69, 9.17) is 14.2 Å². The van der Waals surface area contributed by atoms with Crippen molar-refractivity contribution in [3.8, 4) is 17.2 Å². The van der Waals surface area contributed by atoms with E-state index in [1.807, 2.05) is 18.2 Å². The molecule has 1 amide bonds. The zero-order valence-corrected chi connectivity index (χ0v) is 19.7. The first-order valence-electron chi connectivity index (χ1n) is 11.4. The maximum Gasteiger partial charge on any atom is 0.251 e. The molecule has 0 saturated heterocycles. The number of aryl methyl sites for hydroxylation is 1. The van der Waals surface area contributed by atoms with Crippen molar-refractivity contribution >= 4 is 11.7 Å². The zero-order valence-electron chi connectivity index (χ0n) is 19.7. The molecule has 0 bridgehead atoms. The highest BCUT2D eigenvalue weighted by atomic mass is 16.5. The van der Waals surface area contributed by atoms with Crippen LogP contribution in [-0.2, 0) is 13.0 Å². The second-order valence-electron chi connectivity index (χ2n) is 8.35. The van der Waals surface area contributed by atoms with Gasteiger partial charge in [-0.2, -0.15) is 0 Å². The Morgan fingerprint density at radius 1 is 0.912 bits per heavy atom. The molecule has 1 aliphatic carbocycles. The second kappa shape index (κ2) is 10.4. The number of rotatable bonds is 8. The number of ether oxygens (including phenoxy) is 3. The molecule has 6 heteroatoms. The molecular weight excluding hydrogens is 430 g/mol. The standard InChI is InChI=1S/C28H29NO5/c1-18(30)20-11-12-22(26(15-20)32-2)17-34-25-14-13-21(16-27(25)33-3)28(31)29-24-10-6-8-19-7-4-5-9-23(19)24/h4-5,7,9,11-16,24H,6,8,10,17H2,1-3H3,(H,29,31). The Morgan fingerprint density at radius 3 is 2.41 bits per heavy atom. The number of hydrogen-bond acceptors (Lipinski definition) is 5. The minimum absolute atomic E-state index is 0.00445. The molecule has 3 aromatic rings. The quantitative estimate of drug-likeness (QED) is 0.463. The molecule has 0 aromatic heterocycles. The maximum atomic E-state index is 13.0. The summed E-state index contributed by atoms with van der Waals surface area (Å²) in [5, 5.41) is 3.17. The van der Waals surface area contributed by atoms with Crippen molar-refractivity contribution in [2.75, 3.05) is 14.2 Å². The van der Waals surface area contributed by atoms with E-state index in [-0.39, 0.29) is 24.3 Å². The van der Waals surface area contributed by atoms with Crippen LogP contribution in [0.1, 0.15) is 63.2 Å². The van der Waals surface area contributed by atoms with Gasteiger partial charge in [-0.3, -0.25) is 9.59 Å². The molecular formula is C28H29NO5. The lowest BCUT2D eigenvalue weighted by Crippen LogP contribution is -2.31. The summed E-state index contributed by atoms with van der Waals surface area (Å²) in [6, 6.07) is 18.7. The highest BCUT2D eigenvalue weighted by molar-refractivity contribution is 5.95. The lowest BCUT2D eigenvalue weighted by atomic mass is 9.87. The molecule has 0 radical (unpaired) electrons. The molecule has 3 aromatic carbocycles. The van der Waals surface area contributed by atoms with Gasteiger partial charge in [0.05, 0.1) is 20.3 Å². The van der Waals surface area contributed by atoms with Crippen LogP contribution in [0.3, 0.4) is 0 Å². The van der Waals surface area contributed by atoms with Crippen LogP contribution in [0, 0.1) is 0 Å². The minimum atomic E-state index is -0.145. The van der Waals surface area contributed by atoms with Gasteiger partial charge in [-0.05, 0) is 61.6 Å². The van der Waals surface area contributed by atoms with Crippen molar-refractivity contribution in [3.05, 3.63) is 88.5 Å².